The first-order chi connectivity index (χ1) is 26.8. The van der Waals surface area contributed by atoms with E-state index in [1.807, 2.05) is 0 Å². The van der Waals surface area contributed by atoms with Gasteiger partial charge in [0.1, 0.15) is 0 Å². The van der Waals surface area contributed by atoms with Crippen molar-refractivity contribution >= 4 is 78.6 Å². The maximum Gasteiger partial charge on any atom is 0.198 e. The number of fused-ring (bicyclic) bond motifs is 10. The molecule has 2 aliphatic rings. The number of hydrogen-bond acceptors (Lipinski definition) is 1. The number of aromatic amines is 1. The lowest BCUT2D eigenvalue weighted by atomic mass is 9.54. The maximum absolute atomic E-state index is 3.92. The third kappa shape index (κ3) is 3.86. The molecule has 0 radical (unpaired) electrons. The Balaban J connectivity index is 1.19. The van der Waals surface area contributed by atoms with Gasteiger partial charge in [-0.1, -0.05) is 175 Å². The average molecular weight is 685 g/mol. The molecule has 1 N–H and O–H groups in total. The zero-order valence-corrected chi connectivity index (χ0v) is 29.6. The summed E-state index contributed by atoms with van der Waals surface area (Å²) in [6, 6.07) is 69.9. The molecule has 0 fully saturated rings. The molecule has 2 nitrogen and oxygen atoms in total. The second-order valence-corrected chi connectivity index (χ2v) is 14.9. The predicted molar refractivity (Wildman–Crippen MR) is 229 cm³/mol. The lowest BCUT2D eigenvalue weighted by Gasteiger charge is -2.49. The van der Waals surface area contributed by atoms with Gasteiger partial charge in [0.05, 0.1) is 16.6 Å². The fourth-order valence-electron chi connectivity index (χ4n) is 10.1. The third-order valence-corrected chi connectivity index (χ3v) is 12.2. The van der Waals surface area contributed by atoms with Crippen LogP contribution in [0.4, 0.5) is 17.1 Å². The fourth-order valence-corrected chi connectivity index (χ4v) is 10.1. The molecule has 0 aliphatic carbocycles. The van der Waals surface area contributed by atoms with Crippen molar-refractivity contribution in [2.45, 2.75) is 5.41 Å². The van der Waals surface area contributed by atoms with E-state index in [1.165, 1.54) is 105 Å². The van der Waals surface area contributed by atoms with Crippen molar-refractivity contribution in [3.8, 4) is 11.1 Å². The molecule has 54 heavy (non-hydrogen) atoms. The van der Waals surface area contributed by atoms with Gasteiger partial charge < -0.3 is 9.88 Å². The van der Waals surface area contributed by atoms with Gasteiger partial charge in [0.15, 0.2) is 7.28 Å². The first-order valence-corrected chi connectivity index (χ1v) is 18.9. The van der Waals surface area contributed by atoms with Crippen molar-refractivity contribution in [2.75, 3.05) is 4.90 Å². The maximum atomic E-state index is 3.92. The van der Waals surface area contributed by atoms with Crippen LogP contribution in [0.5, 0.6) is 0 Å². The summed E-state index contributed by atoms with van der Waals surface area (Å²) >= 11 is 0. The van der Waals surface area contributed by atoms with Crippen molar-refractivity contribution in [1.29, 1.82) is 0 Å². The SMILES string of the molecule is B1c2cccc3c2N(c2ccccc2C3(c2ccccc2)c2ccccc2)c2cc3ccccc3c(-c3cccc4c3[nH]c3ccc5ccccc5c34)c21. The van der Waals surface area contributed by atoms with Gasteiger partial charge in [0.25, 0.3) is 0 Å². The number of nitrogens with zero attached hydrogens (tertiary/aromatic N) is 1. The Labute approximate surface area is 314 Å². The largest absolute Gasteiger partial charge is 0.354 e. The second kappa shape index (κ2) is 11.1. The summed E-state index contributed by atoms with van der Waals surface area (Å²) in [6.07, 6.45) is 0. The Morgan fingerprint density at radius 1 is 0.481 bits per heavy atom. The molecule has 250 valence electrons. The Kier molecular flexibility index (Phi) is 6.10. The quantitative estimate of drug-likeness (QED) is 0.184. The highest BCUT2D eigenvalue weighted by atomic mass is 15.2. The van der Waals surface area contributed by atoms with Crippen LogP contribution in [0.25, 0.3) is 54.5 Å². The Morgan fingerprint density at radius 2 is 1.13 bits per heavy atom. The van der Waals surface area contributed by atoms with E-state index < -0.39 is 5.41 Å². The highest BCUT2D eigenvalue weighted by Gasteiger charge is 2.48. The Hall–Kier alpha value is -6.84. The highest BCUT2D eigenvalue weighted by Crippen LogP contribution is 2.58. The summed E-state index contributed by atoms with van der Waals surface area (Å²) in [5.74, 6) is 0. The van der Waals surface area contributed by atoms with E-state index in [2.05, 4.69) is 198 Å². The molecule has 9 aromatic carbocycles. The molecule has 0 atom stereocenters. The van der Waals surface area contributed by atoms with Crippen LogP contribution in [0.2, 0.25) is 0 Å². The number of nitrogens with one attached hydrogen (secondary N) is 1. The second-order valence-electron chi connectivity index (χ2n) is 14.9. The van der Waals surface area contributed by atoms with Crippen LogP contribution < -0.4 is 15.8 Å². The number of aromatic nitrogens is 1. The van der Waals surface area contributed by atoms with Crippen LogP contribution in [-0.2, 0) is 5.41 Å². The van der Waals surface area contributed by atoms with Gasteiger partial charge in [-0.25, -0.2) is 0 Å². The third-order valence-electron chi connectivity index (χ3n) is 12.2. The molecule has 10 aromatic rings. The van der Waals surface area contributed by atoms with E-state index in [4.69, 9.17) is 0 Å². The minimum Gasteiger partial charge on any atom is -0.354 e. The van der Waals surface area contributed by atoms with E-state index in [0.717, 1.165) is 7.28 Å². The monoisotopic (exact) mass is 684 g/mol. The number of benzene rings is 9. The molecule has 1 aromatic heterocycles. The number of rotatable bonds is 3. The molecular weight excluding hydrogens is 651 g/mol. The van der Waals surface area contributed by atoms with Gasteiger partial charge in [-0.3, -0.25) is 0 Å². The smallest absolute Gasteiger partial charge is 0.198 e. The van der Waals surface area contributed by atoms with Crippen molar-refractivity contribution < 1.29 is 0 Å². The summed E-state index contributed by atoms with van der Waals surface area (Å²) < 4.78 is 0. The van der Waals surface area contributed by atoms with Crippen molar-refractivity contribution in [3.05, 3.63) is 210 Å². The van der Waals surface area contributed by atoms with Gasteiger partial charge in [-0.2, -0.15) is 0 Å². The van der Waals surface area contributed by atoms with Crippen molar-refractivity contribution in [1.82, 2.24) is 4.98 Å². The summed E-state index contributed by atoms with van der Waals surface area (Å²) in [7, 11) is 0.830. The van der Waals surface area contributed by atoms with E-state index in [1.54, 1.807) is 0 Å². The van der Waals surface area contributed by atoms with Crippen molar-refractivity contribution in [3.63, 3.8) is 0 Å². The van der Waals surface area contributed by atoms with E-state index in [9.17, 15) is 0 Å². The number of anilines is 3. The van der Waals surface area contributed by atoms with Gasteiger partial charge in [0.2, 0.25) is 0 Å². The topological polar surface area (TPSA) is 19.0 Å². The van der Waals surface area contributed by atoms with Crippen LogP contribution in [0.3, 0.4) is 0 Å². The van der Waals surface area contributed by atoms with Gasteiger partial charge in [0, 0.05) is 33.2 Å². The highest BCUT2D eigenvalue weighted by molar-refractivity contribution is 6.74. The summed E-state index contributed by atoms with van der Waals surface area (Å²) in [4.78, 5) is 6.52. The van der Waals surface area contributed by atoms with E-state index in [0.29, 0.717) is 0 Å². The van der Waals surface area contributed by atoms with Crippen LogP contribution in [0.15, 0.2) is 188 Å². The zero-order valence-electron chi connectivity index (χ0n) is 29.6. The van der Waals surface area contributed by atoms with Crippen LogP contribution in [0.1, 0.15) is 22.3 Å². The fraction of sp³-hybridized carbons (Fsp3) is 0.0196. The molecule has 3 heterocycles. The van der Waals surface area contributed by atoms with E-state index in [-0.39, 0.29) is 0 Å². The molecule has 3 heteroatoms. The number of para-hydroxylation sites is 3. The Bertz CT molecular complexity index is 3100. The molecule has 0 amide bonds. The molecule has 0 unspecified atom stereocenters. The first kappa shape index (κ1) is 29.7. The van der Waals surface area contributed by atoms with E-state index >= 15 is 0 Å². The Morgan fingerprint density at radius 3 is 1.94 bits per heavy atom. The predicted octanol–water partition coefficient (Wildman–Crippen LogP) is 11.2. The number of H-pyrrole nitrogens is 1. The van der Waals surface area contributed by atoms with Crippen LogP contribution >= 0.6 is 0 Å². The standard InChI is InChI=1S/C51H33BN2/c1-3-17-34(18-4-1)51(35-19-5-2-6-20-35)40-25-11-12-28-44(40)54-45-31-33-16-8-10-22-37(33)47(48(45)52-42-27-14-26-41(51)50(42)54)39-24-13-23-38-46-36-21-9-7-15-32(36)29-30-43(46)53-49(38)39/h1-31,52-53H. The first-order valence-electron chi connectivity index (χ1n) is 18.9. The number of hydrogen-bond donors (Lipinski definition) is 1. The van der Waals surface area contributed by atoms with Crippen molar-refractivity contribution in [2.24, 2.45) is 0 Å². The molecule has 0 saturated heterocycles. The lowest BCUT2D eigenvalue weighted by molar-refractivity contribution is 0.732. The summed E-state index contributed by atoms with van der Waals surface area (Å²) in [5, 5.41) is 7.61. The van der Waals surface area contributed by atoms with Gasteiger partial charge in [-0.05, 0) is 73.0 Å². The molecule has 12 rings (SSSR count). The average Bonchev–Trinajstić information content (AvgIpc) is 3.63. The normalized spacial score (nSPS) is 13.8. The molecular formula is C51H33BN2. The van der Waals surface area contributed by atoms with Gasteiger partial charge >= 0.3 is 0 Å². The molecule has 2 aliphatic heterocycles. The summed E-state index contributed by atoms with van der Waals surface area (Å²) in [6.45, 7) is 0. The summed E-state index contributed by atoms with van der Waals surface area (Å²) in [5.41, 5.74) is 16.1. The minimum atomic E-state index is -0.489. The molecule has 0 spiro atoms. The zero-order chi connectivity index (χ0) is 35.4. The molecule has 0 saturated carbocycles. The van der Waals surface area contributed by atoms with Crippen LogP contribution in [0, 0.1) is 0 Å². The molecule has 0 bridgehead atoms. The minimum absolute atomic E-state index is 0.489. The van der Waals surface area contributed by atoms with Gasteiger partial charge in [-0.15, -0.1) is 0 Å². The van der Waals surface area contributed by atoms with Crippen LogP contribution in [-0.4, -0.2) is 12.3 Å². The lowest BCUT2D eigenvalue weighted by Crippen LogP contribution is -2.47.